The zero-order chi connectivity index (χ0) is 29.0. The number of halogens is 4. The number of allylic oxidation sites excluding steroid dienone is 1. The van der Waals surface area contributed by atoms with Crippen LogP contribution < -0.4 is 15.4 Å². The molecule has 0 radical (unpaired) electrons. The molecule has 2 aromatic rings. The van der Waals surface area contributed by atoms with Gasteiger partial charge in [0.05, 0.1) is 11.6 Å². The van der Waals surface area contributed by atoms with Crippen molar-refractivity contribution in [1.29, 1.82) is 5.26 Å². The zero-order valence-electron chi connectivity index (χ0n) is 22.6. The summed E-state index contributed by atoms with van der Waals surface area (Å²) in [6.07, 6.45) is -0.462. The topological polar surface area (TPSA) is 89.3 Å². The van der Waals surface area contributed by atoms with E-state index in [-0.39, 0.29) is 47.1 Å². The van der Waals surface area contributed by atoms with Crippen LogP contribution in [0.5, 0.6) is 11.6 Å². The maximum atomic E-state index is 15.0. The predicted molar refractivity (Wildman–Crippen MR) is 145 cm³/mol. The number of rotatable bonds is 8. The van der Waals surface area contributed by atoms with Crippen LogP contribution in [0.15, 0.2) is 54.0 Å². The summed E-state index contributed by atoms with van der Waals surface area (Å²) >= 11 is 0. The molecular weight excluding hydrogens is 526 g/mol. The van der Waals surface area contributed by atoms with E-state index >= 15 is 4.39 Å². The number of nitrogens with zero attached hydrogens (tertiary/aromatic N) is 5. The molecule has 0 amide bonds. The Morgan fingerprint density at radius 3 is 2.60 bits per heavy atom. The van der Waals surface area contributed by atoms with Crippen LogP contribution in [0.25, 0.3) is 0 Å². The highest BCUT2D eigenvalue weighted by Crippen LogP contribution is 2.37. The molecule has 0 bridgehead atoms. The Morgan fingerprint density at radius 2 is 1.95 bits per heavy atom. The maximum Gasteiger partial charge on any atom is 0.416 e. The number of piperazine rings is 1. The van der Waals surface area contributed by atoms with E-state index < -0.39 is 23.6 Å². The van der Waals surface area contributed by atoms with Crippen molar-refractivity contribution in [3.63, 3.8) is 0 Å². The van der Waals surface area contributed by atoms with Crippen molar-refractivity contribution in [2.45, 2.75) is 32.5 Å². The van der Waals surface area contributed by atoms with Gasteiger partial charge in [0.15, 0.2) is 22.9 Å². The monoisotopic (exact) mass is 557 g/mol. The lowest BCUT2D eigenvalue weighted by atomic mass is 9.93. The van der Waals surface area contributed by atoms with Crippen molar-refractivity contribution >= 4 is 11.5 Å². The number of likely N-dealkylation sites (N-methyl/N-ethyl adjacent to an activating group) is 1. The summed E-state index contributed by atoms with van der Waals surface area (Å²) in [5.41, 5.74) is 0.780. The predicted octanol–water partition coefficient (Wildman–Crippen LogP) is 5.38. The minimum atomic E-state index is -4.54. The molecule has 1 atom stereocenters. The van der Waals surface area contributed by atoms with Crippen LogP contribution in [0.3, 0.4) is 0 Å². The highest BCUT2D eigenvalue weighted by molar-refractivity contribution is 5.60. The molecule has 1 aromatic heterocycles. The largest absolute Gasteiger partial charge is 0.434 e. The van der Waals surface area contributed by atoms with E-state index in [1.807, 2.05) is 18.0 Å². The second-order valence-electron chi connectivity index (χ2n) is 9.95. The second kappa shape index (κ2) is 12.1. The molecular formula is C28H31F4N7O. The van der Waals surface area contributed by atoms with Crippen LogP contribution in [-0.4, -0.2) is 71.8 Å². The minimum Gasteiger partial charge on any atom is -0.434 e. The molecule has 1 saturated heterocycles. The van der Waals surface area contributed by atoms with Crippen LogP contribution >= 0.6 is 0 Å². The molecule has 0 saturated carbocycles. The number of aromatic nitrogens is 2. The number of nitrogens with one attached hydrogen (secondary N) is 2. The van der Waals surface area contributed by atoms with Crippen LogP contribution in [0.1, 0.15) is 24.5 Å². The van der Waals surface area contributed by atoms with Gasteiger partial charge in [-0.2, -0.15) is 18.4 Å². The van der Waals surface area contributed by atoms with Crippen molar-refractivity contribution in [2.75, 3.05) is 50.4 Å². The number of anilines is 2. The number of benzene rings is 1. The quantitative estimate of drug-likeness (QED) is 0.419. The summed E-state index contributed by atoms with van der Waals surface area (Å²) in [5, 5.41) is 15.7. The number of alkyl halides is 3. The van der Waals surface area contributed by atoms with Gasteiger partial charge < -0.3 is 20.3 Å². The molecule has 2 N–H and O–H groups in total. The molecule has 1 aliphatic heterocycles. The van der Waals surface area contributed by atoms with Crippen molar-refractivity contribution < 1.29 is 22.3 Å². The summed E-state index contributed by atoms with van der Waals surface area (Å²) in [7, 11) is 1.99. The van der Waals surface area contributed by atoms with Crippen LogP contribution in [0, 0.1) is 24.1 Å². The van der Waals surface area contributed by atoms with Crippen molar-refractivity contribution in [1.82, 2.24) is 19.8 Å². The van der Waals surface area contributed by atoms with Crippen molar-refractivity contribution in [2.24, 2.45) is 0 Å². The third-order valence-corrected chi connectivity index (χ3v) is 6.78. The average molecular weight is 558 g/mol. The lowest BCUT2D eigenvalue weighted by Crippen LogP contribution is -2.45. The molecule has 1 aromatic carbocycles. The molecule has 4 rings (SSSR count). The number of hydrogen-bond acceptors (Lipinski definition) is 8. The minimum absolute atomic E-state index is 0.0103. The summed E-state index contributed by atoms with van der Waals surface area (Å²) < 4.78 is 62.8. The Kier molecular flexibility index (Phi) is 8.76. The van der Waals surface area contributed by atoms with E-state index in [0.717, 1.165) is 25.5 Å². The Balaban J connectivity index is 1.54. The van der Waals surface area contributed by atoms with Crippen LogP contribution in [0.4, 0.5) is 29.1 Å². The highest BCUT2D eigenvalue weighted by Gasteiger charge is 2.38. The van der Waals surface area contributed by atoms with Gasteiger partial charge in [-0.15, -0.1) is 0 Å². The summed E-state index contributed by atoms with van der Waals surface area (Å²) in [5.74, 6) is -1.06. The molecule has 2 heterocycles. The maximum absolute atomic E-state index is 15.0. The summed E-state index contributed by atoms with van der Waals surface area (Å²) in [4.78, 5) is 12.2. The number of ether oxygens (including phenoxy) is 1. The third kappa shape index (κ3) is 6.78. The van der Waals surface area contributed by atoms with Crippen LogP contribution in [-0.2, 0) is 0 Å². The van der Waals surface area contributed by atoms with Gasteiger partial charge in [-0.05, 0) is 51.1 Å². The van der Waals surface area contributed by atoms with Gasteiger partial charge in [-0.3, -0.25) is 4.90 Å². The first-order valence-electron chi connectivity index (χ1n) is 12.8. The van der Waals surface area contributed by atoms with Gasteiger partial charge in [0.2, 0.25) is 5.88 Å². The normalized spacial score (nSPS) is 18.4. The fraction of sp³-hybridized carbons (Fsp3) is 0.393. The average Bonchev–Trinajstić information content (AvgIpc) is 2.90. The lowest BCUT2D eigenvalue weighted by molar-refractivity contribution is -0.0904. The van der Waals surface area contributed by atoms with E-state index in [2.05, 4.69) is 32.1 Å². The first-order chi connectivity index (χ1) is 19.0. The van der Waals surface area contributed by atoms with Crippen molar-refractivity contribution in [3.05, 3.63) is 71.0 Å². The highest BCUT2D eigenvalue weighted by atomic mass is 19.4. The smallest absolute Gasteiger partial charge is 0.416 e. The van der Waals surface area contributed by atoms with Gasteiger partial charge in [0.25, 0.3) is 0 Å². The SMILES string of the molecule is C=C(C)Nc1ccc(Oc2ncnc(N[C@H]3C=C(C(F)(F)F)C(CN4CCN(C)CC4)=CC3)c2C#N)c(F)c1C. The zero-order valence-corrected chi connectivity index (χ0v) is 22.6. The molecule has 0 spiro atoms. The summed E-state index contributed by atoms with van der Waals surface area (Å²) in [6.45, 7) is 10.3. The first kappa shape index (κ1) is 29.0. The van der Waals surface area contributed by atoms with Gasteiger partial charge in [0, 0.05) is 49.7 Å². The number of hydrogen-bond donors (Lipinski definition) is 2. The van der Waals surface area contributed by atoms with Gasteiger partial charge in [-0.25, -0.2) is 14.4 Å². The standard InChI is InChI=1S/C28H31F4N7O/c1-17(2)36-23-7-8-24(25(29)18(23)3)40-27-21(14-33)26(34-16-35-27)37-20-6-5-19(22(13-20)28(30,31)32)15-39-11-9-38(4)10-12-39/h5,7-8,13,16,20,36H,1,6,9-12,15H2,2-4H3,(H,34,35,37)/t20-/m1/s1. The molecule has 12 heteroatoms. The number of nitriles is 1. The molecule has 1 aliphatic carbocycles. The van der Waals surface area contributed by atoms with E-state index in [0.29, 0.717) is 24.5 Å². The Bertz CT molecular complexity index is 1370. The fourth-order valence-corrected chi connectivity index (χ4v) is 4.57. The molecule has 2 aliphatic rings. The molecule has 212 valence electrons. The van der Waals surface area contributed by atoms with Gasteiger partial charge >= 0.3 is 6.18 Å². The Hall–Kier alpha value is -3.95. The third-order valence-electron chi connectivity index (χ3n) is 6.78. The molecule has 8 nitrogen and oxygen atoms in total. The molecule has 0 unspecified atom stereocenters. The molecule has 1 fully saturated rings. The Labute approximate surface area is 230 Å². The van der Waals surface area contributed by atoms with Gasteiger partial charge in [-0.1, -0.05) is 12.7 Å². The molecule has 40 heavy (non-hydrogen) atoms. The Morgan fingerprint density at radius 1 is 1.23 bits per heavy atom. The van der Waals surface area contributed by atoms with Crippen molar-refractivity contribution in [3.8, 4) is 17.7 Å². The fourth-order valence-electron chi connectivity index (χ4n) is 4.57. The van der Waals surface area contributed by atoms with E-state index in [1.165, 1.54) is 6.07 Å². The van der Waals surface area contributed by atoms with E-state index in [4.69, 9.17) is 4.74 Å². The lowest BCUT2D eigenvalue weighted by Gasteiger charge is -2.34. The van der Waals surface area contributed by atoms with Gasteiger partial charge in [0.1, 0.15) is 12.4 Å². The second-order valence-corrected chi connectivity index (χ2v) is 9.95. The van der Waals surface area contributed by atoms with Crippen LogP contribution in [0.2, 0.25) is 0 Å². The van der Waals surface area contributed by atoms with E-state index in [1.54, 1.807) is 26.0 Å². The van der Waals surface area contributed by atoms with E-state index in [9.17, 15) is 18.4 Å². The first-order valence-corrected chi connectivity index (χ1v) is 12.8. The summed E-state index contributed by atoms with van der Waals surface area (Å²) in [6, 6.07) is 4.13.